The average Bonchev–Trinajstić information content (AvgIpc) is 2.36. The average molecular weight is 320 g/mol. The number of aliphatic imine (C=N–C) groups is 1. The maximum absolute atomic E-state index is 12.3. The molecule has 0 saturated heterocycles. The Balaban J connectivity index is 2.28. The van der Waals surface area contributed by atoms with Crippen LogP contribution in [0.1, 0.15) is 11.5 Å². The molecule has 0 radical (unpaired) electrons. The first-order valence-electron chi connectivity index (χ1n) is 6.31. The summed E-state index contributed by atoms with van der Waals surface area (Å²) in [6.45, 7) is 3.45. The van der Waals surface area contributed by atoms with E-state index >= 15 is 0 Å². The van der Waals surface area contributed by atoms with Gasteiger partial charge in [0.05, 0.1) is 10.6 Å². The minimum absolute atomic E-state index is 0.0796. The van der Waals surface area contributed by atoms with E-state index in [1.165, 1.54) is 24.3 Å². The van der Waals surface area contributed by atoms with Gasteiger partial charge in [0.1, 0.15) is 11.6 Å². The summed E-state index contributed by atoms with van der Waals surface area (Å²) < 4.78 is 27.0. The predicted molar refractivity (Wildman–Crippen MR) is 84.2 cm³/mol. The summed E-state index contributed by atoms with van der Waals surface area (Å²) in [5, 5.41) is 0. The van der Waals surface area contributed by atoms with E-state index in [1.54, 1.807) is 19.9 Å². The van der Waals surface area contributed by atoms with Crippen LogP contribution in [0, 0.1) is 13.8 Å². The fourth-order valence-electron chi connectivity index (χ4n) is 1.81. The van der Waals surface area contributed by atoms with Crippen LogP contribution in [0.2, 0.25) is 0 Å². The largest absolute Gasteiger partial charge is 0.370 e. The molecule has 8 nitrogen and oxygen atoms in total. The van der Waals surface area contributed by atoms with E-state index in [1.807, 2.05) is 0 Å². The minimum Gasteiger partial charge on any atom is -0.370 e. The van der Waals surface area contributed by atoms with Gasteiger partial charge < -0.3 is 11.5 Å². The number of hydrogen-bond acceptors (Lipinski definition) is 5. The lowest BCUT2D eigenvalue weighted by Crippen LogP contribution is -2.21. The summed E-state index contributed by atoms with van der Waals surface area (Å²) in [6.07, 6.45) is 0. The lowest BCUT2D eigenvalue weighted by Gasteiger charge is -2.08. The Kier molecular flexibility index (Phi) is 4.27. The van der Waals surface area contributed by atoms with Gasteiger partial charge >= 0.3 is 0 Å². The maximum Gasteiger partial charge on any atom is 0.263 e. The molecule has 2 aromatic rings. The second-order valence-corrected chi connectivity index (χ2v) is 6.26. The molecule has 0 aliphatic heterocycles. The molecule has 9 heteroatoms. The van der Waals surface area contributed by atoms with Gasteiger partial charge in [-0.15, -0.1) is 0 Å². The molecule has 0 amide bonds. The number of aryl methyl sites for hydroxylation is 2. The zero-order valence-corrected chi connectivity index (χ0v) is 12.9. The van der Waals surface area contributed by atoms with E-state index in [9.17, 15) is 8.42 Å². The number of rotatable bonds is 4. The molecule has 0 saturated carbocycles. The molecule has 0 aliphatic carbocycles. The highest BCUT2D eigenvalue weighted by Crippen LogP contribution is 2.19. The van der Waals surface area contributed by atoms with Crippen molar-refractivity contribution >= 4 is 27.5 Å². The summed E-state index contributed by atoms with van der Waals surface area (Å²) in [5.41, 5.74) is 11.7. The van der Waals surface area contributed by atoms with Crippen molar-refractivity contribution in [2.45, 2.75) is 18.7 Å². The van der Waals surface area contributed by atoms with E-state index in [-0.39, 0.29) is 16.7 Å². The van der Waals surface area contributed by atoms with Gasteiger partial charge in [-0.25, -0.2) is 23.4 Å². The zero-order chi connectivity index (χ0) is 16.3. The predicted octanol–water partition coefficient (Wildman–Crippen LogP) is 0.799. The molecule has 0 bridgehead atoms. The Labute approximate surface area is 128 Å². The normalized spacial score (nSPS) is 11.0. The summed E-state index contributed by atoms with van der Waals surface area (Å²) >= 11 is 0. The minimum atomic E-state index is -3.74. The summed E-state index contributed by atoms with van der Waals surface area (Å²) in [4.78, 5) is 12.0. The molecule has 0 fully saturated rings. The molecule has 2 rings (SSSR count). The fourth-order valence-corrected chi connectivity index (χ4v) is 2.81. The van der Waals surface area contributed by atoms with Gasteiger partial charge in [0, 0.05) is 11.8 Å². The summed E-state index contributed by atoms with van der Waals surface area (Å²) in [7, 11) is -3.74. The Hall–Kier alpha value is -2.68. The topological polar surface area (TPSA) is 136 Å². The first kappa shape index (κ1) is 15.7. The fraction of sp³-hybridized carbons (Fsp3) is 0.154. The van der Waals surface area contributed by atoms with E-state index in [2.05, 4.69) is 19.7 Å². The van der Waals surface area contributed by atoms with Crippen LogP contribution in [0.5, 0.6) is 0 Å². The number of anilines is 1. The van der Waals surface area contributed by atoms with Crippen molar-refractivity contribution in [3.05, 3.63) is 41.9 Å². The number of nitrogens with zero attached hydrogens (tertiary/aromatic N) is 3. The van der Waals surface area contributed by atoms with Crippen molar-refractivity contribution in [2.75, 3.05) is 4.72 Å². The number of sulfonamides is 1. The highest BCUT2D eigenvalue weighted by Gasteiger charge is 2.15. The van der Waals surface area contributed by atoms with Gasteiger partial charge in [-0.1, -0.05) is 0 Å². The molecule has 0 spiro atoms. The number of hydrogen-bond donors (Lipinski definition) is 3. The molecule has 1 aromatic carbocycles. The third-order valence-electron chi connectivity index (χ3n) is 2.61. The molecular weight excluding hydrogens is 304 g/mol. The van der Waals surface area contributed by atoms with Crippen LogP contribution in [0.15, 0.2) is 40.2 Å². The second kappa shape index (κ2) is 5.98. The lowest BCUT2D eigenvalue weighted by atomic mass is 10.3. The van der Waals surface area contributed by atoms with Crippen LogP contribution in [0.25, 0.3) is 0 Å². The summed E-state index contributed by atoms with van der Waals surface area (Å²) in [5.74, 6) is 0.611. The molecular formula is C13H16N6O2S. The van der Waals surface area contributed by atoms with E-state index in [4.69, 9.17) is 11.5 Å². The number of aromatic nitrogens is 2. The van der Waals surface area contributed by atoms with E-state index in [0.717, 1.165) is 0 Å². The van der Waals surface area contributed by atoms with Gasteiger partial charge in [0.2, 0.25) is 0 Å². The third-order valence-corrected chi connectivity index (χ3v) is 3.98. The Morgan fingerprint density at radius 2 is 1.77 bits per heavy atom. The van der Waals surface area contributed by atoms with Crippen molar-refractivity contribution in [1.82, 2.24) is 9.97 Å². The monoisotopic (exact) mass is 320 g/mol. The van der Waals surface area contributed by atoms with Gasteiger partial charge in [-0.2, -0.15) is 0 Å². The van der Waals surface area contributed by atoms with Crippen LogP contribution >= 0.6 is 0 Å². The Bertz CT molecular complexity index is 791. The lowest BCUT2D eigenvalue weighted by molar-refractivity contribution is 0.601. The van der Waals surface area contributed by atoms with E-state index < -0.39 is 10.0 Å². The van der Waals surface area contributed by atoms with Crippen molar-refractivity contribution in [2.24, 2.45) is 16.5 Å². The first-order chi connectivity index (χ1) is 10.3. The van der Waals surface area contributed by atoms with Crippen molar-refractivity contribution in [1.29, 1.82) is 0 Å². The van der Waals surface area contributed by atoms with Crippen molar-refractivity contribution in [3.63, 3.8) is 0 Å². The van der Waals surface area contributed by atoms with Gasteiger partial charge in [0.25, 0.3) is 10.0 Å². The maximum atomic E-state index is 12.3. The quantitative estimate of drug-likeness (QED) is 0.563. The number of guanidine groups is 1. The first-order valence-corrected chi connectivity index (χ1v) is 7.79. The van der Waals surface area contributed by atoms with Crippen molar-refractivity contribution in [3.8, 4) is 0 Å². The highest BCUT2D eigenvalue weighted by atomic mass is 32.2. The standard InChI is InChI=1S/C13H16N6O2S/c1-8-7-12(17-9(2)16-8)19-22(20,21)11-5-3-10(4-6-11)18-13(14)15/h3-7H,1-2H3,(H4,14,15,18)(H,16,17,19). The SMILES string of the molecule is Cc1cc(NS(=O)(=O)c2ccc(N=C(N)N)cc2)nc(C)n1. The second-order valence-electron chi connectivity index (χ2n) is 4.58. The number of benzene rings is 1. The van der Waals surface area contributed by atoms with Crippen LogP contribution in [0.3, 0.4) is 0 Å². The third kappa shape index (κ3) is 3.92. The van der Waals surface area contributed by atoms with Crippen LogP contribution in [-0.4, -0.2) is 24.3 Å². The molecule has 0 unspecified atom stereocenters. The molecule has 116 valence electrons. The van der Waals surface area contributed by atoms with Gasteiger partial charge in [-0.3, -0.25) is 4.72 Å². The zero-order valence-electron chi connectivity index (χ0n) is 12.1. The molecule has 0 aliphatic rings. The van der Waals surface area contributed by atoms with E-state index in [0.29, 0.717) is 17.2 Å². The van der Waals surface area contributed by atoms with Crippen LogP contribution in [0.4, 0.5) is 11.5 Å². The molecule has 0 atom stereocenters. The Morgan fingerprint density at radius 1 is 1.14 bits per heavy atom. The molecule has 1 aromatic heterocycles. The van der Waals surface area contributed by atoms with Crippen LogP contribution in [-0.2, 0) is 10.0 Å². The van der Waals surface area contributed by atoms with Crippen molar-refractivity contribution < 1.29 is 8.42 Å². The summed E-state index contributed by atoms with van der Waals surface area (Å²) in [6, 6.07) is 7.38. The highest BCUT2D eigenvalue weighted by molar-refractivity contribution is 7.92. The van der Waals surface area contributed by atoms with Gasteiger partial charge in [-0.05, 0) is 38.1 Å². The van der Waals surface area contributed by atoms with Crippen LogP contribution < -0.4 is 16.2 Å². The number of nitrogens with one attached hydrogen (secondary N) is 1. The van der Waals surface area contributed by atoms with Gasteiger partial charge in [0.15, 0.2) is 5.96 Å². The molecule has 1 heterocycles. The number of nitrogens with two attached hydrogens (primary N) is 2. The Morgan fingerprint density at radius 3 is 2.32 bits per heavy atom. The molecule has 22 heavy (non-hydrogen) atoms. The molecule has 5 N–H and O–H groups in total. The smallest absolute Gasteiger partial charge is 0.263 e.